The lowest BCUT2D eigenvalue weighted by Crippen LogP contribution is -2.24. The van der Waals surface area contributed by atoms with Gasteiger partial charge in [-0.25, -0.2) is 0 Å². The van der Waals surface area contributed by atoms with Gasteiger partial charge in [0.05, 0.1) is 25.8 Å². The second kappa shape index (κ2) is 19.0. The van der Waals surface area contributed by atoms with Gasteiger partial charge in [-0.3, -0.25) is 4.79 Å². The molecule has 0 aliphatic heterocycles. The Hall–Kier alpha value is -2.17. The van der Waals surface area contributed by atoms with Gasteiger partial charge in [-0.1, -0.05) is 104 Å². The number of methoxy groups -OCH3 is 1. The first-order valence-corrected chi connectivity index (χ1v) is 15.2. The molecule has 0 saturated carbocycles. The molecule has 1 aromatic heterocycles. The topological polar surface area (TPSA) is 49.7 Å². The van der Waals surface area contributed by atoms with E-state index in [1.54, 1.807) is 7.11 Å². The van der Waals surface area contributed by atoms with Crippen LogP contribution in [0.3, 0.4) is 0 Å². The van der Waals surface area contributed by atoms with E-state index in [0.29, 0.717) is 31.3 Å². The smallest absolute Gasteiger partial charge is 0.297 e. The summed E-state index contributed by atoms with van der Waals surface area (Å²) >= 11 is 0. The van der Waals surface area contributed by atoms with Gasteiger partial charge in [-0.2, -0.15) is 0 Å². The lowest BCUT2D eigenvalue weighted by Gasteiger charge is -2.19. The van der Waals surface area contributed by atoms with Crippen LogP contribution in [0.1, 0.15) is 124 Å². The molecule has 0 N–H and O–H groups in total. The molecule has 0 saturated heterocycles. The summed E-state index contributed by atoms with van der Waals surface area (Å²) < 4.78 is 19.9. The summed E-state index contributed by atoms with van der Waals surface area (Å²) in [5.41, 5.74) is 0.789. The molecule has 5 heteroatoms. The molecule has 0 aliphatic rings. The summed E-state index contributed by atoms with van der Waals surface area (Å²) in [4.78, 5) is 13.8. The summed E-state index contributed by atoms with van der Waals surface area (Å²) in [5, 5.41) is 0.930. The van der Waals surface area contributed by atoms with Gasteiger partial charge in [0.2, 0.25) is 5.75 Å². The number of benzene rings is 1. The van der Waals surface area contributed by atoms with Gasteiger partial charge in [-0.15, -0.1) is 0 Å². The maximum atomic E-state index is 13.8. The van der Waals surface area contributed by atoms with Crippen molar-refractivity contribution < 1.29 is 14.2 Å². The Kier molecular flexibility index (Phi) is 15.9. The van der Waals surface area contributed by atoms with Gasteiger partial charge in [-0.05, 0) is 31.4 Å². The molecule has 37 heavy (non-hydrogen) atoms. The van der Waals surface area contributed by atoms with Gasteiger partial charge in [0.1, 0.15) is 5.75 Å². The highest BCUT2D eigenvalue weighted by molar-refractivity contribution is 5.89. The number of aryl methyl sites for hydroxylation is 1. The van der Waals surface area contributed by atoms with Crippen molar-refractivity contribution in [1.29, 1.82) is 0 Å². The molecule has 0 fully saturated rings. The number of nitrogens with zero attached hydrogens (tertiary/aromatic N) is 1. The highest BCUT2D eigenvalue weighted by Crippen LogP contribution is 2.35. The molecule has 0 atom stereocenters. The largest absolute Gasteiger partial charge is 0.497 e. The molecule has 0 amide bonds. The van der Waals surface area contributed by atoms with Crippen molar-refractivity contribution in [2.24, 2.45) is 0 Å². The van der Waals surface area contributed by atoms with E-state index >= 15 is 0 Å². The van der Waals surface area contributed by atoms with Crippen molar-refractivity contribution in [3.8, 4) is 17.2 Å². The molecule has 2 rings (SSSR count). The number of hydrogen-bond acceptors (Lipinski definition) is 4. The van der Waals surface area contributed by atoms with Crippen LogP contribution in [0.25, 0.3) is 10.9 Å². The molecule has 0 unspecified atom stereocenters. The van der Waals surface area contributed by atoms with Crippen LogP contribution in [0.2, 0.25) is 0 Å². The Morgan fingerprint density at radius 2 is 1.16 bits per heavy atom. The fraction of sp³-hybridized carbons (Fsp3) is 0.719. The zero-order valence-electron chi connectivity index (χ0n) is 24.2. The number of aromatic nitrogens is 1. The zero-order valence-corrected chi connectivity index (χ0v) is 24.2. The molecule has 0 radical (unpaired) electrons. The highest BCUT2D eigenvalue weighted by Gasteiger charge is 2.20. The zero-order chi connectivity index (χ0) is 26.7. The van der Waals surface area contributed by atoms with Crippen LogP contribution in [0.4, 0.5) is 0 Å². The first kappa shape index (κ1) is 31.1. The third-order valence-electron chi connectivity index (χ3n) is 7.11. The Bertz CT molecular complexity index is 937. The van der Waals surface area contributed by atoms with Crippen molar-refractivity contribution in [1.82, 2.24) is 4.57 Å². The molecular weight excluding hydrogens is 462 g/mol. The second-order valence-electron chi connectivity index (χ2n) is 10.3. The number of pyridine rings is 1. The lowest BCUT2D eigenvalue weighted by atomic mass is 10.1. The molecule has 5 nitrogen and oxygen atoms in total. The molecule has 2 aromatic rings. The summed E-state index contributed by atoms with van der Waals surface area (Å²) in [7, 11) is 1.67. The first-order valence-electron chi connectivity index (χ1n) is 15.2. The standard InChI is InChI=1S/C32H53NO4/c1-5-8-11-14-16-18-23-33-29-26-27(35-4)21-22-28(29)30(36-24-19-13-10-7-3)31(32(33)34)37-25-20-17-15-12-9-6-2/h21-22,26H,5-20,23-25H2,1-4H3. The van der Waals surface area contributed by atoms with E-state index in [0.717, 1.165) is 55.2 Å². The minimum absolute atomic E-state index is 0.0798. The number of rotatable bonds is 22. The maximum absolute atomic E-state index is 13.8. The van der Waals surface area contributed by atoms with Crippen molar-refractivity contribution >= 4 is 10.9 Å². The van der Waals surface area contributed by atoms with Crippen LogP contribution >= 0.6 is 0 Å². The second-order valence-corrected chi connectivity index (χ2v) is 10.3. The van der Waals surface area contributed by atoms with Crippen LogP contribution < -0.4 is 19.8 Å². The fourth-order valence-electron chi connectivity index (χ4n) is 4.81. The summed E-state index contributed by atoms with van der Waals surface area (Å²) in [6.07, 6.45) is 18.7. The fourth-order valence-corrected chi connectivity index (χ4v) is 4.81. The normalized spacial score (nSPS) is 11.2. The summed E-state index contributed by atoms with van der Waals surface area (Å²) in [6, 6.07) is 5.93. The summed E-state index contributed by atoms with van der Waals surface area (Å²) in [6.45, 7) is 8.50. The third-order valence-corrected chi connectivity index (χ3v) is 7.11. The highest BCUT2D eigenvalue weighted by atomic mass is 16.5. The van der Waals surface area contributed by atoms with E-state index < -0.39 is 0 Å². The average Bonchev–Trinajstić information content (AvgIpc) is 2.91. The van der Waals surface area contributed by atoms with Gasteiger partial charge in [0, 0.05) is 18.0 Å². The Labute approximate surface area is 225 Å². The minimum atomic E-state index is -0.0798. The number of unbranched alkanes of at least 4 members (excludes halogenated alkanes) is 13. The lowest BCUT2D eigenvalue weighted by molar-refractivity contribution is 0.256. The van der Waals surface area contributed by atoms with Gasteiger partial charge in [0.15, 0.2) is 5.75 Å². The van der Waals surface area contributed by atoms with E-state index in [2.05, 4.69) is 20.8 Å². The minimum Gasteiger partial charge on any atom is -0.497 e. The SMILES string of the molecule is CCCCCCCCOc1c(OCCCCCC)c2ccc(OC)cc2n(CCCCCCCC)c1=O. The van der Waals surface area contributed by atoms with E-state index in [4.69, 9.17) is 14.2 Å². The molecule has 210 valence electrons. The van der Waals surface area contributed by atoms with Crippen LogP contribution in [0.15, 0.2) is 23.0 Å². The quantitative estimate of drug-likeness (QED) is 0.147. The van der Waals surface area contributed by atoms with E-state index in [-0.39, 0.29) is 5.56 Å². The Morgan fingerprint density at radius 3 is 1.76 bits per heavy atom. The number of hydrogen-bond donors (Lipinski definition) is 0. The van der Waals surface area contributed by atoms with Crippen LogP contribution in [0.5, 0.6) is 17.2 Å². The van der Waals surface area contributed by atoms with E-state index in [9.17, 15) is 4.79 Å². The Morgan fingerprint density at radius 1 is 0.649 bits per heavy atom. The number of ether oxygens (including phenoxy) is 3. The molecular formula is C32H53NO4. The van der Waals surface area contributed by atoms with Crippen molar-refractivity contribution in [3.63, 3.8) is 0 Å². The average molecular weight is 516 g/mol. The number of fused-ring (bicyclic) bond motifs is 1. The van der Waals surface area contributed by atoms with Crippen LogP contribution in [0, 0.1) is 0 Å². The maximum Gasteiger partial charge on any atom is 0.297 e. The molecule has 0 spiro atoms. The predicted molar refractivity (Wildman–Crippen MR) is 157 cm³/mol. The Balaban J connectivity index is 2.30. The molecule has 0 aliphatic carbocycles. The van der Waals surface area contributed by atoms with Crippen molar-refractivity contribution in [2.45, 2.75) is 130 Å². The summed E-state index contributed by atoms with van der Waals surface area (Å²) in [5.74, 6) is 1.73. The van der Waals surface area contributed by atoms with Crippen molar-refractivity contribution in [3.05, 3.63) is 28.6 Å². The molecule has 1 heterocycles. The van der Waals surface area contributed by atoms with Gasteiger partial charge < -0.3 is 18.8 Å². The van der Waals surface area contributed by atoms with Gasteiger partial charge in [0.25, 0.3) is 5.56 Å². The van der Waals surface area contributed by atoms with E-state index in [1.165, 1.54) is 64.2 Å². The van der Waals surface area contributed by atoms with E-state index in [1.807, 2.05) is 22.8 Å². The molecule has 1 aromatic carbocycles. The molecule has 0 bridgehead atoms. The third kappa shape index (κ3) is 10.6. The monoisotopic (exact) mass is 515 g/mol. The van der Waals surface area contributed by atoms with Crippen LogP contribution in [-0.2, 0) is 6.54 Å². The van der Waals surface area contributed by atoms with Crippen molar-refractivity contribution in [2.75, 3.05) is 20.3 Å². The first-order chi connectivity index (χ1) is 18.2. The van der Waals surface area contributed by atoms with Gasteiger partial charge >= 0.3 is 0 Å². The predicted octanol–water partition coefficient (Wildman–Crippen LogP) is 9.07. The van der Waals surface area contributed by atoms with Crippen LogP contribution in [-0.4, -0.2) is 24.9 Å².